The van der Waals surface area contributed by atoms with E-state index < -0.39 is 18.5 Å². The number of hydrogen-bond donors (Lipinski definition) is 2. The Kier molecular flexibility index (Phi) is 7.65. The van der Waals surface area contributed by atoms with E-state index in [-0.39, 0.29) is 11.3 Å². The van der Waals surface area contributed by atoms with Gasteiger partial charge in [0.05, 0.1) is 16.8 Å². The van der Waals surface area contributed by atoms with Crippen molar-refractivity contribution >= 4 is 34.9 Å². The number of rotatable bonds is 8. The van der Waals surface area contributed by atoms with Gasteiger partial charge in [-0.1, -0.05) is 37.1 Å². The lowest BCUT2D eigenvalue weighted by Gasteiger charge is -2.12. The molecule has 0 atom stereocenters. The average molecular weight is 386 g/mol. The van der Waals surface area contributed by atoms with Crippen LogP contribution in [0.2, 0.25) is 5.02 Å². The number of para-hydroxylation sites is 1. The van der Waals surface area contributed by atoms with Crippen LogP contribution in [0.15, 0.2) is 42.5 Å². The van der Waals surface area contributed by atoms with Crippen LogP contribution in [0.25, 0.3) is 0 Å². The molecule has 0 heterocycles. The van der Waals surface area contributed by atoms with Crippen LogP contribution in [0.4, 0.5) is 11.4 Å². The van der Waals surface area contributed by atoms with Crippen molar-refractivity contribution in [2.24, 2.45) is 0 Å². The number of carbonyl (C=O) groups is 2. The van der Waals surface area contributed by atoms with E-state index in [9.17, 15) is 9.59 Å². The largest absolute Gasteiger partial charge is 0.452 e. The van der Waals surface area contributed by atoms with Gasteiger partial charge in [-0.25, -0.2) is 4.79 Å². The van der Waals surface area contributed by atoms with Gasteiger partial charge >= 0.3 is 5.97 Å². The number of ether oxygens (including phenoxy) is 1. The molecule has 140 valence electrons. The monoisotopic (exact) mass is 385 g/mol. The highest BCUT2D eigenvalue weighted by Crippen LogP contribution is 2.20. The summed E-state index contributed by atoms with van der Waals surface area (Å²) in [7, 11) is 0. The molecule has 0 radical (unpaired) electrons. The zero-order chi connectivity index (χ0) is 19.6. The number of anilines is 2. The Morgan fingerprint density at radius 2 is 1.96 bits per heavy atom. The number of nitrogens with one attached hydrogen (secondary N) is 2. The Morgan fingerprint density at radius 1 is 1.19 bits per heavy atom. The van der Waals surface area contributed by atoms with E-state index in [2.05, 4.69) is 17.6 Å². The third-order valence-electron chi connectivity index (χ3n) is 3.70. The number of unbranched alkanes of at least 4 members (excludes halogenated alkanes) is 1. The summed E-state index contributed by atoms with van der Waals surface area (Å²) in [6.45, 7) is 2.35. The minimum atomic E-state index is -0.601. The average Bonchev–Trinajstić information content (AvgIpc) is 2.67. The number of carbonyl (C=O) groups excluding carboxylic acids is 2. The maximum atomic E-state index is 12.3. The molecule has 7 heteroatoms. The molecule has 27 heavy (non-hydrogen) atoms. The molecule has 0 aliphatic carbocycles. The fourth-order valence-electron chi connectivity index (χ4n) is 2.33. The molecular weight excluding hydrogens is 366 g/mol. The van der Waals surface area contributed by atoms with Crippen molar-refractivity contribution in [3.63, 3.8) is 0 Å². The second-order valence-electron chi connectivity index (χ2n) is 5.75. The molecule has 0 aliphatic heterocycles. The molecule has 2 N–H and O–H groups in total. The molecule has 2 aromatic carbocycles. The maximum absolute atomic E-state index is 12.3. The fourth-order valence-corrected chi connectivity index (χ4v) is 2.50. The lowest BCUT2D eigenvalue weighted by molar-refractivity contribution is -0.119. The van der Waals surface area contributed by atoms with Gasteiger partial charge in [-0.15, -0.1) is 0 Å². The predicted molar refractivity (Wildman–Crippen MR) is 105 cm³/mol. The SMILES string of the molecule is CCCCNc1ccccc1C(=O)OCC(=O)Nc1cc(Cl)ccc1C#N. The molecule has 0 unspecified atom stereocenters. The zero-order valence-electron chi connectivity index (χ0n) is 14.9. The standard InChI is InChI=1S/C20H20ClN3O3/c1-2-3-10-23-17-7-5-4-6-16(17)20(26)27-13-19(25)24-18-11-15(21)9-8-14(18)12-22/h4-9,11,23H,2-3,10,13H2,1H3,(H,24,25). The smallest absolute Gasteiger partial charge is 0.340 e. The lowest BCUT2D eigenvalue weighted by Crippen LogP contribution is -2.22. The van der Waals surface area contributed by atoms with E-state index in [4.69, 9.17) is 21.6 Å². The van der Waals surface area contributed by atoms with Gasteiger partial charge in [-0.2, -0.15) is 5.26 Å². The Hall–Kier alpha value is -3.04. The molecule has 1 amide bonds. The van der Waals surface area contributed by atoms with Gasteiger partial charge in [0.2, 0.25) is 0 Å². The summed E-state index contributed by atoms with van der Waals surface area (Å²) in [5.41, 5.74) is 1.57. The number of benzene rings is 2. The molecule has 6 nitrogen and oxygen atoms in total. The Bertz CT molecular complexity index is 862. The van der Waals surface area contributed by atoms with E-state index in [1.165, 1.54) is 12.1 Å². The van der Waals surface area contributed by atoms with Gasteiger partial charge in [-0.3, -0.25) is 4.79 Å². The van der Waals surface area contributed by atoms with Crippen LogP contribution >= 0.6 is 11.6 Å². The van der Waals surface area contributed by atoms with Crippen LogP contribution in [0.3, 0.4) is 0 Å². The first-order valence-electron chi connectivity index (χ1n) is 8.54. The first-order valence-corrected chi connectivity index (χ1v) is 8.92. The Morgan fingerprint density at radius 3 is 2.70 bits per heavy atom. The molecule has 0 saturated heterocycles. The van der Waals surface area contributed by atoms with Gasteiger partial charge in [-0.05, 0) is 36.8 Å². The lowest BCUT2D eigenvalue weighted by atomic mass is 10.1. The Balaban J connectivity index is 1.97. The normalized spacial score (nSPS) is 9.96. The molecule has 0 spiro atoms. The molecule has 0 fully saturated rings. The number of halogens is 1. The van der Waals surface area contributed by atoms with Crippen LogP contribution in [-0.2, 0) is 9.53 Å². The third kappa shape index (κ3) is 6.01. The molecular formula is C20H20ClN3O3. The number of esters is 1. The molecule has 0 bridgehead atoms. The topological polar surface area (TPSA) is 91.2 Å². The first kappa shape index (κ1) is 20.3. The van der Waals surface area contributed by atoms with Gasteiger partial charge in [0, 0.05) is 17.3 Å². The number of nitrogens with zero attached hydrogens (tertiary/aromatic N) is 1. The minimum absolute atomic E-state index is 0.268. The van der Waals surface area contributed by atoms with E-state index in [0.29, 0.717) is 16.3 Å². The first-order chi connectivity index (χ1) is 13.0. The second kappa shape index (κ2) is 10.2. The van der Waals surface area contributed by atoms with E-state index in [1.54, 1.807) is 24.3 Å². The number of hydrogen-bond acceptors (Lipinski definition) is 5. The van der Waals surface area contributed by atoms with E-state index >= 15 is 0 Å². The van der Waals surface area contributed by atoms with Crippen LogP contribution in [0.5, 0.6) is 0 Å². The highest BCUT2D eigenvalue weighted by atomic mass is 35.5. The minimum Gasteiger partial charge on any atom is -0.452 e. The van der Waals surface area contributed by atoms with Crippen molar-refractivity contribution in [3.8, 4) is 6.07 Å². The van der Waals surface area contributed by atoms with Crippen molar-refractivity contribution in [1.29, 1.82) is 5.26 Å². The summed E-state index contributed by atoms with van der Waals surface area (Å²) < 4.78 is 5.11. The summed E-state index contributed by atoms with van der Waals surface area (Å²) in [4.78, 5) is 24.4. The van der Waals surface area contributed by atoms with Crippen molar-refractivity contribution in [3.05, 3.63) is 58.6 Å². The molecule has 0 aliphatic rings. The van der Waals surface area contributed by atoms with Crippen molar-refractivity contribution < 1.29 is 14.3 Å². The van der Waals surface area contributed by atoms with E-state index in [1.807, 2.05) is 12.1 Å². The number of nitriles is 1. The predicted octanol–water partition coefficient (Wildman–Crippen LogP) is 4.22. The van der Waals surface area contributed by atoms with Gasteiger partial charge in [0.15, 0.2) is 6.61 Å². The Labute approximate surface area is 163 Å². The van der Waals surface area contributed by atoms with Crippen LogP contribution < -0.4 is 10.6 Å². The van der Waals surface area contributed by atoms with Crippen LogP contribution in [-0.4, -0.2) is 25.0 Å². The second-order valence-corrected chi connectivity index (χ2v) is 6.19. The third-order valence-corrected chi connectivity index (χ3v) is 3.94. The summed E-state index contributed by atoms with van der Waals surface area (Å²) >= 11 is 5.88. The van der Waals surface area contributed by atoms with Crippen LogP contribution in [0.1, 0.15) is 35.7 Å². The van der Waals surface area contributed by atoms with Gasteiger partial charge < -0.3 is 15.4 Å². The molecule has 2 aromatic rings. The van der Waals surface area contributed by atoms with Crippen molar-refractivity contribution in [2.75, 3.05) is 23.8 Å². The fraction of sp³-hybridized carbons (Fsp3) is 0.250. The highest BCUT2D eigenvalue weighted by molar-refractivity contribution is 6.31. The van der Waals surface area contributed by atoms with Crippen molar-refractivity contribution in [1.82, 2.24) is 0 Å². The molecule has 0 saturated carbocycles. The van der Waals surface area contributed by atoms with Gasteiger partial charge in [0.25, 0.3) is 5.91 Å². The summed E-state index contributed by atoms with van der Waals surface area (Å²) in [5.74, 6) is -1.16. The zero-order valence-corrected chi connectivity index (χ0v) is 15.7. The van der Waals surface area contributed by atoms with Crippen LogP contribution in [0, 0.1) is 11.3 Å². The summed E-state index contributed by atoms with van der Waals surface area (Å²) in [6, 6.07) is 13.5. The van der Waals surface area contributed by atoms with Crippen molar-refractivity contribution in [2.45, 2.75) is 19.8 Å². The molecule has 0 aromatic heterocycles. The highest BCUT2D eigenvalue weighted by Gasteiger charge is 2.15. The quantitative estimate of drug-likeness (QED) is 0.524. The summed E-state index contributed by atoms with van der Waals surface area (Å²) in [5, 5.41) is 15.2. The summed E-state index contributed by atoms with van der Waals surface area (Å²) in [6.07, 6.45) is 2.01. The maximum Gasteiger partial charge on any atom is 0.340 e. The van der Waals surface area contributed by atoms with Gasteiger partial charge in [0.1, 0.15) is 6.07 Å². The molecule has 2 rings (SSSR count). The van der Waals surface area contributed by atoms with E-state index in [0.717, 1.165) is 19.4 Å². The number of amides is 1.